The number of nitrogens with one attached hydrogen (secondary N) is 4. The second-order valence-electron chi connectivity index (χ2n) is 13.8. The zero-order valence-electron chi connectivity index (χ0n) is 30.7. The summed E-state index contributed by atoms with van der Waals surface area (Å²) in [5.41, 5.74) is 0.857. The Balaban J connectivity index is 1.53. The molecule has 0 radical (unpaired) electrons. The van der Waals surface area contributed by atoms with Gasteiger partial charge in [0.1, 0.15) is 30.6 Å². The molecule has 2 aromatic rings. The van der Waals surface area contributed by atoms with Gasteiger partial charge in [0.25, 0.3) is 11.8 Å². The number of ketones is 1. The number of fused-ring (bicyclic) bond motifs is 1. The number of hydrogen-bond acceptors (Lipinski definition) is 10. The number of aromatic nitrogens is 2. The van der Waals surface area contributed by atoms with Crippen LogP contribution in [0.2, 0.25) is 0 Å². The topological polar surface area (TPSA) is 198 Å². The van der Waals surface area contributed by atoms with E-state index in [0.29, 0.717) is 19.3 Å². The normalized spacial score (nSPS) is 21.7. The summed E-state index contributed by atoms with van der Waals surface area (Å²) in [6.45, 7) is 8.87. The first kappa shape index (κ1) is 40.0. The Hall–Kier alpha value is -4.76. The molecule has 1 aromatic carbocycles. The first-order valence-corrected chi connectivity index (χ1v) is 17.9. The number of methoxy groups -OCH3 is 1. The molecule has 2 aliphatic rings. The summed E-state index contributed by atoms with van der Waals surface area (Å²) in [5, 5.41) is 10.9. The summed E-state index contributed by atoms with van der Waals surface area (Å²) in [7, 11) is 1.52. The molecule has 52 heavy (non-hydrogen) atoms. The first-order valence-electron chi connectivity index (χ1n) is 17.9. The third-order valence-electron chi connectivity index (χ3n) is 9.76. The monoisotopic (exact) mass is 721 g/mol. The van der Waals surface area contributed by atoms with Crippen LogP contribution in [0.5, 0.6) is 0 Å². The zero-order valence-corrected chi connectivity index (χ0v) is 30.7. The van der Waals surface area contributed by atoms with Crippen LogP contribution in [-0.4, -0.2) is 101 Å². The maximum absolute atomic E-state index is 14.4. The fourth-order valence-corrected chi connectivity index (χ4v) is 6.99. The highest BCUT2D eigenvalue weighted by molar-refractivity contribution is 6.38. The van der Waals surface area contributed by atoms with Crippen molar-refractivity contribution in [1.82, 2.24) is 36.1 Å². The molecule has 4 N–H and O–H groups in total. The van der Waals surface area contributed by atoms with Crippen molar-refractivity contribution in [3.05, 3.63) is 60.2 Å². The van der Waals surface area contributed by atoms with E-state index in [1.165, 1.54) is 37.5 Å². The minimum absolute atomic E-state index is 0.0318. The van der Waals surface area contributed by atoms with Gasteiger partial charge in [-0.1, -0.05) is 57.5 Å². The summed E-state index contributed by atoms with van der Waals surface area (Å²) >= 11 is 0. The molecule has 2 heterocycles. The molecule has 15 heteroatoms. The highest BCUT2D eigenvalue weighted by atomic mass is 16.7. The van der Waals surface area contributed by atoms with Crippen molar-refractivity contribution in [2.75, 3.05) is 20.4 Å². The van der Waals surface area contributed by atoms with Gasteiger partial charge in [0.2, 0.25) is 23.5 Å². The summed E-state index contributed by atoms with van der Waals surface area (Å²) < 4.78 is 11.1. The molecule has 0 bridgehead atoms. The number of carbonyl (C=O) groups excluding carboxylic acids is 6. The quantitative estimate of drug-likeness (QED) is 0.138. The second kappa shape index (κ2) is 18.6. The van der Waals surface area contributed by atoms with Crippen LogP contribution in [0.25, 0.3) is 0 Å². The first-order chi connectivity index (χ1) is 24.9. The lowest BCUT2D eigenvalue weighted by Crippen LogP contribution is -2.59. The molecule has 1 aliphatic carbocycles. The average Bonchev–Trinajstić information content (AvgIpc) is 3.72. The molecule has 1 saturated heterocycles. The van der Waals surface area contributed by atoms with E-state index in [2.05, 4.69) is 31.2 Å². The summed E-state index contributed by atoms with van der Waals surface area (Å²) in [6, 6.07) is 4.61. The van der Waals surface area contributed by atoms with Crippen LogP contribution in [0.4, 0.5) is 0 Å². The van der Waals surface area contributed by atoms with Crippen LogP contribution in [0, 0.1) is 17.8 Å². The Morgan fingerprint density at radius 3 is 2.29 bits per heavy atom. The van der Waals surface area contributed by atoms with E-state index < -0.39 is 71.4 Å². The highest BCUT2D eigenvalue weighted by Crippen LogP contribution is 2.44. The van der Waals surface area contributed by atoms with Crippen molar-refractivity contribution in [2.45, 2.75) is 96.6 Å². The number of carbonyl (C=O) groups is 6. The molecule has 5 amide bonds. The largest absolute Gasteiger partial charge is 0.359 e. The number of rotatable bonds is 17. The molecule has 1 aromatic heterocycles. The number of likely N-dealkylation sites (tertiary alicyclic amines) is 1. The highest BCUT2D eigenvalue weighted by Gasteiger charge is 2.55. The molecule has 282 valence electrons. The third kappa shape index (κ3) is 9.76. The van der Waals surface area contributed by atoms with Crippen LogP contribution in [-0.2, 0) is 33.4 Å². The van der Waals surface area contributed by atoms with E-state index in [4.69, 9.17) is 9.47 Å². The fraction of sp³-hybridized carbons (Fsp3) is 0.568. The van der Waals surface area contributed by atoms with Gasteiger partial charge in [-0.2, -0.15) is 0 Å². The Kier molecular flexibility index (Phi) is 14.4. The van der Waals surface area contributed by atoms with E-state index in [1.54, 1.807) is 20.8 Å². The van der Waals surface area contributed by atoms with Gasteiger partial charge in [0.15, 0.2) is 0 Å². The molecule has 0 spiro atoms. The number of hydrogen-bond donors (Lipinski definition) is 4. The smallest absolute Gasteiger partial charge is 0.290 e. The average molecular weight is 722 g/mol. The lowest BCUT2D eigenvalue weighted by molar-refractivity contribution is -0.145. The summed E-state index contributed by atoms with van der Waals surface area (Å²) in [4.78, 5) is 90.5. The van der Waals surface area contributed by atoms with Crippen molar-refractivity contribution in [3.8, 4) is 0 Å². The lowest BCUT2D eigenvalue weighted by Gasteiger charge is -2.33. The fourth-order valence-electron chi connectivity index (χ4n) is 6.99. The number of amides is 5. The molecule has 4 rings (SSSR count). The van der Waals surface area contributed by atoms with Crippen LogP contribution < -0.4 is 21.3 Å². The Bertz CT molecular complexity index is 1560. The molecule has 8 atom stereocenters. The summed E-state index contributed by atoms with van der Waals surface area (Å²) in [5.74, 6) is -4.74. The van der Waals surface area contributed by atoms with E-state index in [9.17, 15) is 28.8 Å². The minimum atomic E-state index is -1.11. The summed E-state index contributed by atoms with van der Waals surface area (Å²) in [6.07, 6.45) is 5.73. The van der Waals surface area contributed by atoms with Gasteiger partial charge in [-0.15, -0.1) is 0 Å². The van der Waals surface area contributed by atoms with Gasteiger partial charge in [0.05, 0.1) is 24.4 Å². The van der Waals surface area contributed by atoms with E-state index >= 15 is 0 Å². The van der Waals surface area contributed by atoms with Gasteiger partial charge in [0, 0.05) is 32.0 Å². The Morgan fingerprint density at radius 2 is 1.65 bits per heavy atom. The number of benzene rings is 1. The Morgan fingerprint density at radius 1 is 0.923 bits per heavy atom. The third-order valence-corrected chi connectivity index (χ3v) is 9.76. The molecular formula is C37H51N7O8. The SMILES string of the molecule is CCCC(NC(=O)[C@@H]1[C@H]2CC[C@@H](OCOC)[C@H]2CN1C(=O)[C@@H](NC(=O)[C@@H](C)NC(=O)c1cnccn1)C(C)C)C(=O)C(=O)N[C@H](C)c1ccccc1. The van der Waals surface area contributed by atoms with E-state index in [0.717, 1.165) is 5.56 Å². The Labute approximate surface area is 304 Å². The van der Waals surface area contributed by atoms with E-state index in [1.807, 2.05) is 37.3 Å². The predicted octanol–water partition coefficient (Wildman–Crippen LogP) is 1.69. The zero-order chi connectivity index (χ0) is 37.9. The van der Waals surface area contributed by atoms with Crippen molar-refractivity contribution >= 4 is 35.3 Å². The minimum Gasteiger partial charge on any atom is -0.359 e. The predicted molar refractivity (Wildman–Crippen MR) is 189 cm³/mol. The van der Waals surface area contributed by atoms with Crippen molar-refractivity contribution in [1.29, 1.82) is 0 Å². The molecule has 1 aliphatic heterocycles. The number of Topliss-reactive ketones (excluding diaryl/α,β-unsaturated/α-hetero) is 1. The molecule has 1 saturated carbocycles. The molecule has 15 nitrogen and oxygen atoms in total. The van der Waals surface area contributed by atoms with E-state index in [-0.39, 0.29) is 43.4 Å². The van der Waals surface area contributed by atoms with Crippen molar-refractivity contribution in [3.63, 3.8) is 0 Å². The van der Waals surface area contributed by atoms with Crippen LogP contribution >= 0.6 is 0 Å². The van der Waals surface area contributed by atoms with Gasteiger partial charge < -0.3 is 35.6 Å². The van der Waals surface area contributed by atoms with Crippen LogP contribution in [0.1, 0.15) is 82.4 Å². The maximum atomic E-state index is 14.4. The maximum Gasteiger partial charge on any atom is 0.290 e. The van der Waals surface area contributed by atoms with Crippen molar-refractivity contribution in [2.24, 2.45) is 17.8 Å². The van der Waals surface area contributed by atoms with Gasteiger partial charge in [-0.3, -0.25) is 33.8 Å². The standard InChI is InChI=1S/C37H51N7O8/c1-7-11-27(32(45)36(49)40-22(4)24-12-9-8-10-13-24)42-35(48)31-25-14-15-29(52-20-51-6)26(25)19-44(31)37(50)30(21(2)3)43-33(46)23(5)41-34(47)28-18-38-16-17-39-28/h8-10,12-13,16-18,21-23,25-27,29-31H,7,11,14-15,19-20H2,1-6H3,(H,40,49)(H,41,47)(H,42,48)(H,43,46)/t22-,23-,25+,26+,27?,29-,30+,31+/m1/s1. The molecule has 1 unspecified atom stereocenters. The lowest BCUT2D eigenvalue weighted by atomic mass is 9.92. The van der Waals surface area contributed by atoms with Crippen LogP contribution in [0.15, 0.2) is 48.9 Å². The number of ether oxygens (including phenoxy) is 2. The second-order valence-corrected chi connectivity index (χ2v) is 13.8. The molecular weight excluding hydrogens is 670 g/mol. The number of nitrogens with zero attached hydrogens (tertiary/aromatic N) is 3. The van der Waals surface area contributed by atoms with Crippen LogP contribution in [0.3, 0.4) is 0 Å². The van der Waals surface area contributed by atoms with Gasteiger partial charge >= 0.3 is 0 Å². The van der Waals surface area contributed by atoms with Gasteiger partial charge in [-0.25, -0.2) is 4.98 Å². The molecule has 2 fully saturated rings. The van der Waals surface area contributed by atoms with Gasteiger partial charge in [-0.05, 0) is 50.5 Å². The van der Waals surface area contributed by atoms with Crippen molar-refractivity contribution < 1.29 is 38.2 Å².